The van der Waals surface area contributed by atoms with Crippen molar-refractivity contribution in [2.24, 2.45) is 5.92 Å². The second kappa shape index (κ2) is 8.75. The van der Waals surface area contributed by atoms with E-state index >= 15 is 0 Å². The van der Waals surface area contributed by atoms with Crippen molar-refractivity contribution in [2.75, 3.05) is 5.32 Å². The van der Waals surface area contributed by atoms with Gasteiger partial charge in [0.1, 0.15) is 12.4 Å². The molecule has 1 amide bonds. The molecule has 0 aliphatic rings. The number of benzene rings is 1. The Morgan fingerprint density at radius 1 is 1.25 bits per heavy atom. The van der Waals surface area contributed by atoms with Gasteiger partial charge in [-0.05, 0) is 18.2 Å². The predicted octanol–water partition coefficient (Wildman–Crippen LogP) is 4.77. The molecule has 3 aromatic rings. The molecule has 0 atom stereocenters. The molecule has 1 N–H and O–H groups in total. The molecule has 0 spiro atoms. The zero-order valence-electron chi connectivity index (χ0n) is 15.5. The normalized spacial score (nSPS) is 10.9. The summed E-state index contributed by atoms with van der Waals surface area (Å²) >= 11 is 6.03. The van der Waals surface area contributed by atoms with Gasteiger partial charge in [-0.2, -0.15) is 5.10 Å². The molecule has 2 aromatic heterocycles. The number of carbonyl (C=O) groups is 2. The Morgan fingerprint density at radius 2 is 2.04 bits per heavy atom. The lowest BCUT2D eigenvalue weighted by molar-refractivity contribution is 0.0909. The van der Waals surface area contributed by atoms with Gasteiger partial charge < -0.3 is 9.15 Å². The van der Waals surface area contributed by atoms with Gasteiger partial charge in [-0.1, -0.05) is 43.6 Å². The molecular formula is C20H20ClN3O4. The molecule has 0 radical (unpaired) electrons. The van der Waals surface area contributed by atoms with Crippen LogP contribution in [0.2, 0.25) is 5.02 Å². The van der Waals surface area contributed by atoms with E-state index < -0.39 is 6.09 Å². The van der Waals surface area contributed by atoms with Crippen molar-refractivity contribution in [3.8, 4) is 0 Å². The van der Waals surface area contributed by atoms with Gasteiger partial charge in [0.25, 0.3) is 0 Å². The number of ether oxygens (including phenoxy) is 1. The van der Waals surface area contributed by atoms with Gasteiger partial charge in [-0.15, -0.1) is 0 Å². The van der Waals surface area contributed by atoms with Crippen molar-refractivity contribution in [3.05, 3.63) is 70.9 Å². The van der Waals surface area contributed by atoms with Crippen molar-refractivity contribution >= 4 is 29.2 Å². The maximum absolute atomic E-state index is 11.9. The average molecular weight is 402 g/mol. The van der Waals surface area contributed by atoms with E-state index in [-0.39, 0.29) is 18.3 Å². The molecule has 7 nitrogen and oxygen atoms in total. The summed E-state index contributed by atoms with van der Waals surface area (Å²) in [6, 6.07) is 10.5. The van der Waals surface area contributed by atoms with Gasteiger partial charge >= 0.3 is 6.09 Å². The van der Waals surface area contributed by atoms with Crippen LogP contribution in [0.4, 0.5) is 10.5 Å². The number of rotatable bonds is 7. The molecular weight excluding hydrogens is 382 g/mol. The van der Waals surface area contributed by atoms with Crippen molar-refractivity contribution in [1.82, 2.24) is 9.78 Å². The molecule has 28 heavy (non-hydrogen) atoms. The van der Waals surface area contributed by atoms with E-state index in [1.807, 2.05) is 19.9 Å². The molecule has 0 bridgehead atoms. The Labute approximate surface area is 167 Å². The molecule has 8 heteroatoms. The summed E-state index contributed by atoms with van der Waals surface area (Å²) in [4.78, 5) is 23.9. The number of halogens is 1. The number of amides is 1. The number of hydrogen-bond acceptors (Lipinski definition) is 5. The molecule has 0 aliphatic carbocycles. The van der Waals surface area contributed by atoms with Gasteiger partial charge in [0.2, 0.25) is 5.78 Å². The lowest BCUT2D eigenvalue weighted by Crippen LogP contribution is -2.13. The minimum Gasteiger partial charge on any atom is -0.456 e. The minimum absolute atomic E-state index is 0.0460. The Morgan fingerprint density at radius 3 is 2.79 bits per heavy atom. The molecule has 146 valence electrons. The molecule has 3 rings (SSSR count). The Bertz CT molecular complexity index is 977. The van der Waals surface area contributed by atoms with Crippen LogP contribution in [0.5, 0.6) is 0 Å². The molecule has 0 saturated heterocycles. The summed E-state index contributed by atoms with van der Waals surface area (Å²) in [7, 11) is 0. The molecule has 1 aromatic carbocycles. The number of anilines is 1. The van der Waals surface area contributed by atoms with E-state index in [9.17, 15) is 9.59 Å². The topological polar surface area (TPSA) is 86.4 Å². The van der Waals surface area contributed by atoms with Crippen molar-refractivity contribution in [3.63, 3.8) is 0 Å². The summed E-state index contributed by atoms with van der Waals surface area (Å²) in [6.45, 7) is 4.04. The zero-order valence-corrected chi connectivity index (χ0v) is 16.3. The van der Waals surface area contributed by atoms with Crippen LogP contribution in [0.3, 0.4) is 0 Å². The summed E-state index contributed by atoms with van der Waals surface area (Å²) in [5, 5.41) is 7.31. The third-order valence-corrected chi connectivity index (χ3v) is 4.31. The maximum atomic E-state index is 11.9. The first-order valence-electron chi connectivity index (χ1n) is 8.75. The lowest BCUT2D eigenvalue weighted by Gasteiger charge is -2.06. The molecule has 0 unspecified atom stereocenters. The fourth-order valence-corrected chi connectivity index (χ4v) is 2.66. The van der Waals surface area contributed by atoms with Crippen LogP contribution >= 0.6 is 11.6 Å². The fraction of sp³-hybridized carbons (Fsp3) is 0.250. The largest absolute Gasteiger partial charge is 0.456 e. The third kappa shape index (κ3) is 5.01. The van der Waals surface area contributed by atoms with Crippen LogP contribution in [-0.2, 0) is 17.9 Å². The smallest absolute Gasteiger partial charge is 0.412 e. The lowest BCUT2D eigenvalue weighted by atomic mass is 10.1. The minimum atomic E-state index is -0.609. The van der Waals surface area contributed by atoms with E-state index in [0.717, 1.165) is 5.56 Å². The summed E-state index contributed by atoms with van der Waals surface area (Å²) in [6.07, 6.45) is 2.53. The van der Waals surface area contributed by atoms with Gasteiger partial charge in [-0.3, -0.25) is 14.8 Å². The van der Waals surface area contributed by atoms with Crippen LogP contribution in [-0.4, -0.2) is 21.7 Å². The highest BCUT2D eigenvalue weighted by Gasteiger charge is 2.15. The van der Waals surface area contributed by atoms with Crippen molar-refractivity contribution in [2.45, 2.75) is 27.0 Å². The standard InChI is InChI=1S/C20H20ClN3O4/c1-13(2)19(25)18-8-7-16(28-18)11-24-10-15(9-22-24)23-20(26)27-12-14-5-3-4-6-17(14)21/h3-10,13H,11-12H2,1-2H3,(H,23,26). The van der Waals surface area contributed by atoms with Crippen LogP contribution in [0.1, 0.15) is 35.7 Å². The van der Waals surface area contributed by atoms with Gasteiger partial charge in [0, 0.05) is 22.7 Å². The van der Waals surface area contributed by atoms with Crippen LogP contribution in [0.25, 0.3) is 0 Å². The van der Waals surface area contributed by atoms with Gasteiger partial charge in [0.05, 0.1) is 18.4 Å². The van der Waals surface area contributed by atoms with Crippen LogP contribution in [0, 0.1) is 5.92 Å². The molecule has 0 aliphatic heterocycles. The highest BCUT2D eigenvalue weighted by atomic mass is 35.5. The van der Waals surface area contributed by atoms with Crippen molar-refractivity contribution in [1.29, 1.82) is 0 Å². The zero-order chi connectivity index (χ0) is 20.1. The maximum Gasteiger partial charge on any atom is 0.412 e. The van der Waals surface area contributed by atoms with Gasteiger partial charge in [-0.25, -0.2) is 4.79 Å². The number of carbonyl (C=O) groups excluding carboxylic acids is 2. The number of ketones is 1. The van der Waals surface area contributed by atoms with Crippen molar-refractivity contribution < 1.29 is 18.7 Å². The molecule has 0 saturated carbocycles. The number of furan rings is 1. The second-order valence-corrected chi connectivity index (χ2v) is 6.91. The number of Topliss-reactive ketones (excluding diaryl/α,β-unsaturated/α-hetero) is 1. The molecule has 2 heterocycles. The van der Waals surface area contributed by atoms with Crippen LogP contribution < -0.4 is 5.32 Å². The van der Waals surface area contributed by atoms with E-state index in [2.05, 4.69) is 10.4 Å². The first-order valence-corrected chi connectivity index (χ1v) is 9.12. The summed E-state index contributed by atoms with van der Waals surface area (Å²) < 4.78 is 12.3. The van der Waals surface area contributed by atoms with E-state index in [1.54, 1.807) is 41.2 Å². The quantitative estimate of drug-likeness (QED) is 0.576. The third-order valence-electron chi connectivity index (χ3n) is 3.94. The second-order valence-electron chi connectivity index (χ2n) is 6.50. The Hall–Kier alpha value is -3.06. The number of nitrogens with one attached hydrogen (secondary N) is 1. The molecule has 0 fully saturated rings. The summed E-state index contributed by atoms with van der Waals surface area (Å²) in [5.74, 6) is 0.755. The SMILES string of the molecule is CC(C)C(=O)c1ccc(Cn2cc(NC(=O)OCc3ccccc3Cl)cn2)o1. The van der Waals surface area contributed by atoms with Crippen LogP contribution in [0.15, 0.2) is 53.2 Å². The van der Waals surface area contributed by atoms with E-state index in [0.29, 0.717) is 28.8 Å². The first-order chi connectivity index (χ1) is 13.4. The van der Waals surface area contributed by atoms with E-state index in [1.165, 1.54) is 6.20 Å². The monoisotopic (exact) mass is 401 g/mol. The number of aromatic nitrogens is 2. The Kier molecular flexibility index (Phi) is 6.16. The average Bonchev–Trinajstić information content (AvgIpc) is 3.30. The number of nitrogens with zero attached hydrogens (tertiary/aromatic N) is 2. The number of hydrogen-bond donors (Lipinski definition) is 1. The predicted molar refractivity (Wildman–Crippen MR) is 104 cm³/mol. The highest BCUT2D eigenvalue weighted by Crippen LogP contribution is 2.17. The van der Waals surface area contributed by atoms with E-state index in [4.69, 9.17) is 20.8 Å². The highest BCUT2D eigenvalue weighted by molar-refractivity contribution is 6.31. The first kappa shape index (κ1) is 19.7. The van der Waals surface area contributed by atoms with Gasteiger partial charge in [0.15, 0.2) is 5.76 Å². The summed E-state index contributed by atoms with van der Waals surface area (Å²) in [5.41, 5.74) is 1.20. The fourth-order valence-electron chi connectivity index (χ4n) is 2.47. The Balaban J connectivity index is 1.53.